The smallest absolute Gasteiger partial charge is 0.0462 e. The van der Waals surface area contributed by atoms with Crippen molar-refractivity contribution in [2.75, 3.05) is 9.80 Å². The first-order valence-corrected chi connectivity index (χ1v) is 17.2. The van der Waals surface area contributed by atoms with Crippen molar-refractivity contribution in [1.29, 1.82) is 0 Å². The Morgan fingerprint density at radius 2 is 0.745 bits per heavy atom. The monoisotopic (exact) mass is 614 g/mol. The maximum atomic E-state index is 2.35. The van der Waals surface area contributed by atoms with Crippen molar-refractivity contribution in [2.45, 2.75) is 58.8 Å². The van der Waals surface area contributed by atoms with Gasteiger partial charge < -0.3 is 9.80 Å². The van der Waals surface area contributed by atoms with Gasteiger partial charge in [-0.1, -0.05) is 119 Å². The first-order valence-electron chi connectivity index (χ1n) is 17.2. The Hall–Kier alpha value is -5.08. The summed E-state index contributed by atoms with van der Waals surface area (Å²) >= 11 is 0. The molecule has 0 saturated heterocycles. The molecule has 6 aromatic carbocycles. The van der Waals surface area contributed by atoms with E-state index in [0.717, 1.165) is 28.4 Å². The molecule has 2 heteroatoms. The van der Waals surface area contributed by atoms with Gasteiger partial charge in [0.1, 0.15) is 0 Å². The second-order valence-corrected chi connectivity index (χ2v) is 12.7. The van der Waals surface area contributed by atoms with Crippen LogP contribution in [0.1, 0.15) is 69.9 Å². The second-order valence-electron chi connectivity index (χ2n) is 12.7. The minimum atomic E-state index is 0.504. The number of benzene rings is 6. The van der Waals surface area contributed by atoms with E-state index in [1.807, 2.05) is 0 Å². The minimum Gasteiger partial charge on any atom is -0.311 e. The third kappa shape index (κ3) is 7.34. The molecular weight excluding hydrogens is 569 g/mol. The molecule has 0 aliphatic carbocycles. The maximum absolute atomic E-state index is 2.35. The number of hydrogen-bond donors (Lipinski definition) is 0. The van der Waals surface area contributed by atoms with Gasteiger partial charge in [0.2, 0.25) is 0 Å². The Morgan fingerprint density at radius 3 is 1.09 bits per heavy atom. The fourth-order valence-corrected chi connectivity index (χ4v) is 6.51. The van der Waals surface area contributed by atoms with E-state index >= 15 is 0 Å². The number of anilines is 6. The highest BCUT2D eigenvalue weighted by atomic mass is 15.1. The highest BCUT2D eigenvalue weighted by molar-refractivity contribution is 5.80. The number of rotatable bonds is 12. The van der Waals surface area contributed by atoms with Crippen molar-refractivity contribution < 1.29 is 0 Å². The van der Waals surface area contributed by atoms with Gasteiger partial charge in [0.05, 0.1) is 0 Å². The molecule has 2 nitrogen and oxygen atoms in total. The Labute approximate surface area is 282 Å². The van der Waals surface area contributed by atoms with E-state index in [1.54, 1.807) is 0 Å². The van der Waals surface area contributed by atoms with Gasteiger partial charge in [-0.25, -0.2) is 0 Å². The van der Waals surface area contributed by atoms with Gasteiger partial charge in [-0.15, -0.1) is 0 Å². The van der Waals surface area contributed by atoms with Crippen molar-refractivity contribution in [3.05, 3.63) is 169 Å². The van der Waals surface area contributed by atoms with Crippen LogP contribution in [0.25, 0.3) is 11.1 Å². The molecule has 0 saturated carbocycles. The quantitative estimate of drug-likeness (QED) is 0.135. The van der Waals surface area contributed by atoms with Gasteiger partial charge >= 0.3 is 0 Å². The Morgan fingerprint density at radius 1 is 0.404 bits per heavy atom. The summed E-state index contributed by atoms with van der Waals surface area (Å²) in [6, 6.07) is 57.3. The summed E-state index contributed by atoms with van der Waals surface area (Å²) in [5.41, 5.74) is 12.1. The van der Waals surface area contributed by atoms with Gasteiger partial charge in [-0.2, -0.15) is 0 Å². The zero-order valence-corrected chi connectivity index (χ0v) is 28.2. The molecule has 236 valence electrons. The molecule has 0 N–H and O–H groups in total. The number of hydrogen-bond acceptors (Lipinski definition) is 2. The van der Waals surface area contributed by atoms with Crippen molar-refractivity contribution in [3.8, 4) is 11.1 Å². The average molecular weight is 615 g/mol. The van der Waals surface area contributed by atoms with Gasteiger partial charge in [-0.05, 0) is 120 Å². The first-order chi connectivity index (χ1) is 23.1. The molecule has 1 unspecified atom stereocenters. The van der Waals surface area contributed by atoms with Crippen molar-refractivity contribution in [2.24, 2.45) is 0 Å². The van der Waals surface area contributed by atoms with Gasteiger partial charge in [0.25, 0.3) is 0 Å². The predicted molar refractivity (Wildman–Crippen MR) is 203 cm³/mol. The van der Waals surface area contributed by atoms with E-state index in [4.69, 9.17) is 0 Å². The fraction of sp³-hybridized carbons (Fsp3) is 0.200. The lowest BCUT2D eigenvalue weighted by Gasteiger charge is -2.27. The summed E-state index contributed by atoms with van der Waals surface area (Å²) in [6.45, 7) is 9.05. The van der Waals surface area contributed by atoms with Crippen molar-refractivity contribution >= 4 is 34.1 Å². The molecule has 0 aliphatic rings. The molecule has 0 aromatic heterocycles. The molecule has 0 fully saturated rings. The molecule has 0 aliphatic heterocycles. The van der Waals surface area contributed by atoms with Crippen LogP contribution in [0.15, 0.2) is 158 Å². The van der Waals surface area contributed by atoms with Crippen molar-refractivity contribution in [3.63, 3.8) is 0 Å². The van der Waals surface area contributed by atoms with E-state index in [-0.39, 0.29) is 0 Å². The first kappa shape index (κ1) is 31.9. The van der Waals surface area contributed by atoms with Crippen LogP contribution in [-0.2, 0) is 0 Å². The van der Waals surface area contributed by atoms with E-state index in [0.29, 0.717) is 11.8 Å². The lowest BCUT2D eigenvalue weighted by atomic mass is 9.92. The predicted octanol–water partition coefficient (Wildman–Crippen LogP) is 13.7. The molecule has 6 aromatic rings. The standard InChI is InChI=1S/C45H46N2/c1-5-13-35(6-2)37-20-28-43(29-21-37)47(41-16-11-8-12-17-41)45-32-24-39(25-33-45)38-22-30-44(31-23-38)46(40-14-9-7-10-15-40)42-26-18-36(19-27-42)34(3)4/h7-12,14-35H,5-6,13H2,1-4H3. The number of nitrogens with zero attached hydrogens (tertiary/aromatic N) is 2. The molecule has 0 radical (unpaired) electrons. The summed E-state index contributed by atoms with van der Waals surface area (Å²) in [4.78, 5) is 4.67. The van der Waals surface area contributed by atoms with Crippen LogP contribution >= 0.6 is 0 Å². The zero-order chi connectivity index (χ0) is 32.6. The van der Waals surface area contributed by atoms with Crippen LogP contribution in [0.3, 0.4) is 0 Å². The highest BCUT2D eigenvalue weighted by Gasteiger charge is 2.16. The summed E-state index contributed by atoms with van der Waals surface area (Å²) in [5, 5.41) is 0. The second kappa shape index (κ2) is 15.0. The maximum Gasteiger partial charge on any atom is 0.0462 e. The van der Waals surface area contributed by atoms with Crippen LogP contribution in [0.4, 0.5) is 34.1 Å². The molecular formula is C45H46N2. The highest BCUT2D eigenvalue weighted by Crippen LogP contribution is 2.39. The molecule has 0 heterocycles. The van der Waals surface area contributed by atoms with E-state index in [9.17, 15) is 0 Å². The van der Waals surface area contributed by atoms with Crippen LogP contribution in [-0.4, -0.2) is 0 Å². The molecule has 0 spiro atoms. The van der Waals surface area contributed by atoms with Crippen LogP contribution in [0.2, 0.25) is 0 Å². The topological polar surface area (TPSA) is 6.48 Å². The lowest BCUT2D eigenvalue weighted by Crippen LogP contribution is -2.10. The van der Waals surface area contributed by atoms with Gasteiger partial charge in [0, 0.05) is 34.1 Å². The fourth-order valence-electron chi connectivity index (χ4n) is 6.51. The van der Waals surface area contributed by atoms with E-state index in [2.05, 4.69) is 195 Å². The zero-order valence-electron chi connectivity index (χ0n) is 28.2. The minimum absolute atomic E-state index is 0.504. The normalized spacial score (nSPS) is 11.8. The average Bonchev–Trinajstić information content (AvgIpc) is 3.13. The lowest BCUT2D eigenvalue weighted by molar-refractivity contribution is 0.596. The summed E-state index contributed by atoms with van der Waals surface area (Å²) in [6.07, 6.45) is 3.62. The Bertz CT molecular complexity index is 1810. The summed E-state index contributed by atoms with van der Waals surface area (Å²) in [5.74, 6) is 1.12. The molecule has 6 rings (SSSR count). The van der Waals surface area contributed by atoms with E-state index in [1.165, 1.54) is 47.2 Å². The molecule has 0 bridgehead atoms. The number of para-hydroxylation sites is 2. The Kier molecular flexibility index (Phi) is 10.2. The molecule has 1 atom stereocenters. The summed E-state index contributed by atoms with van der Waals surface area (Å²) in [7, 11) is 0. The SMILES string of the molecule is CCCC(CC)c1ccc(N(c2ccccc2)c2ccc(-c3ccc(N(c4ccccc4)c4ccc(C(C)C)cc4)cc3)cc2)cc1. The largest absolute Gasteiger partial charge is 0.311 e. The van der Waals surface area contributed by atoms with E-state index < -0.39 is 0 Å². The van der Waals surface area contributed by atoms with Crippen molar-refractivity contribution in [1.82, 2.24) is 0 Å². The third-order valence-electron chi connectivity index (χ3n) is 9.18. The van der Waals surface area contributed by atoms with Gasteiger partial charge in [-0.3, -0.25) is 0 Å². The third-order valence-corrected chi connectivity index (χ3v) is 9.18. The van der Waals surface area contributed by atoms with Crippen LogP contribution in [0, 0.1) is 0 Å². The molecule has 47 heavy (non-hydrogen) atoms. The van der Waals surface area contributed by atoms with Crippen LogP contribution in [0.5, 0.6) is 0 Å². The summed E-state index contributed by atoms with van der Waals surface area (Å²) < 4.78 is 0. The van der Waals surface area contributed by atoms with Crippen LogP contribution < -0.4 is 9.80 Å². The Balaban J connectivity index is 1.28. The van der Waals surface area contributed by atoms with Gasteiger partial charge in [0.15, 0.2) is 0 Å². The molecule has 0 amide bonds.